The first-order chi connectivity index (χ1) is 10.5. The normalized spacial score (nSPS) is 10.9. The number of aromatic nitrogens is 1. The van der Waals surface area contributed by atoms with Crippen molar-refractivity contribution in [2.45, 2.75) is 27.7 Å². The van der Waals surface area contributed by atoms with E-state index in [2.05, 4.69) is 31.0 Å². The molecule has 3 aromatic rings. The summed E-state index contributed by atoms with van der Waals surface area (Å²) in [6, 6.07) is 9.94. The number of pyridine rings is 1. The zero-order valence-electron chi connectivity index (χ0n) is 13.4. The van der Waals surface area contributed by atoms with Gasteiger partial charge in [-0.1, -0.05) is 0 Å². The third-order valence-corrected chi connectivity index (χ3v) is 4.32. The molecule has 0 atom stereocenters. The highest BCUT2D eigenvalue weighted by atomic mass is 16.5. The van der Waals surface area contributed by atoms with E-state index in [-0.39, 0.29) is 0 Å². The summed E-state index contributed by atoms with van der Waals surface area (Å²) in [6.45, 7) is 8.23. The van der Waals surface area contributed by atoms with Crippen LogP contribution in [0.25, 0.3) is 10.9 Å². The van der Waals surface area contributed by atoms with Gasteiger partial charge in [0.1, 0.15) is 11.5 Å². The fourth-order valence-corrected chi connectivity index (χ4v) is 2.51. The van der Waals surface area contributed by atoms with Crippen LogP contribution in [-0.2, 0) is 0 Å². The number of fused-ring (bicyclic) bond motifs is 1. The average molecular weight is 292 g/mol. The Labute approximate surface area is 130 Å². The van der Waals surface area contributed by atoms with E-state index in [0.717, 1.165) is 39.2 Å². The second-order valence-corrected chi connectivity index (χ2v) is 5.77. The quantitative estimate of drug-likeness (QED) is 0.687. The maximum Gasteiger partial charge on any atom is 0.138 e. The van der Waals surface area contributed by atoms with Gasteiger partial charge in [0.2, 0.25) is 0 Å². The highest BCUT2D eigenvalue weighted by Crippen LogP contribution is 2.34. The van der Waals surface area contributed by atoms with Crippen LogP contribution < -0.4 is 10.5 Å². The summed E-state index contributed by atoms with van der Waals surface area (Å²) in [5.41, 5.74) is 12.3. The lowest BCUT2D eigenvalue weighted by atomic mass is 10.1. The first-order valence-corrected chi connectivity index (χ1v) is 7.37. The van der Waals surface area contributed by atoms with Crippen molar-refractivity contribution in [3.05, 3.63) is 58.8 Å². The number of nitrogens with two attached hydrogens (primary N) is 1. The van der Waals surface area contributed by atoms with E-state index in [0.29, 0.717) is 0 Å². The summed E-state index contributed by atoms with van der Waals surface area (Å²) >= 11 is 0. The standard InChI is InChI=1S/C19H20N2O/c1-11-9-15-17(10-12(11)2)21-8-7-19(15)22-18-6-5-16(20)13(3)14(18)4/h5-10H,20H2,1-4H3. The lowest BCUT2D eigenvalue weighted by molar-refractivity contribution is 0.483. The molecule has 0 aliphatic carbocycles. The molecule has 2 N–H and O–H groups in total. The van der Waals surface area contributed by atoms with Crippen LogP contribution in [0.3, 0.4) is 0 Å². The number of anilines is 1. The van der Waals surface area contributed by atoms with Crippen LogP contribution in [0.4, 0.5) is 5.69 Å². The number of hydrogen-bond donors (Lipinski definition) is 1. The van der Waals surface area contributed by atoms with Gasteiger partial charge in [-0.25, -0.2) is 0 Å². The van der Waals surface area contributed by atoms with E-state index in [1.54, 1.807) is 6.20 Å². The molecule has 1 aromatic heterocycles. The monoisotopic (exact) mass is 292 g/mol. The number of aryl methyl sites for hydroxylation is 2. The third-order valence-electron chi connectivity index (χ3n) is 4.32. The van der Waals surface area contributed by atoms with Crippen molar-refractivity contribution in [2.24, 2.45) is 0 Å². The SMILES string of the molecule is Cc1cc2nccc(Oc3ccc(N)c(C)c3C)c2cc1C. The number of rotatable bonds is 2. The van der Waals surface area contributed by atoms with Crippen molar-refractivity contribution in [1.29, 1.82) is 0 Å². The van der Waals surface area contributed by atoms with Gasteiger partial charge in [0.15, 0.2) is 0 Å². The summed E-state index contributed by atoms with van der Waals surface area (Å²) in [4.78, 5) is 4.44. The van der Waals surface area contributed by atoms with Crippen LogP contribution in [0.1, 0.15) is 22.3 Å². The van der Waals surface area contributed by atoms with Crippen molar-refractivity contribution in [3.63, 3.8) is 0 Å². The van der Waals surface area contributed by atoms with Gasteiger partial charge in [-0.2, -0.15) is 0 Å². The zero-order valence-corrected chi connectivity index (χ0v) is 13.4. The van der Waals surface area contributed by atoms with E-state index >= 15 is 0 Å². The maximum absolute atomic E-state index is 6.16. The summed E-state index contributed by atoms with van der Waals surface area (Å²) in [6.07, 6.45) is 1.78. The lowest BCUT2D eigenvalue weighted by Crippen LogP contribution is -1.96. The molecule has 0 saturated carbocycles. The largest absolute Gasteiger partial charge is 0.456 e. The van der Waals surface area contributed by atoms with Crippen LogP contribution in [0.2, 0.25) is 0 Å². The molecule has 1 heterocycles. The fraction of sp³-hybridized carbons (Fsp3) is 0.211. The number of benzene rings is 2. The first kappa shape index (κ1) is 14.4. The first-order valence-electron chi connectivity index (χ1n) is 7.37. The van der Waals surface area contributed by atoms with Gasteiger partial charge in [0.05, 0.1) is 5.52 Å². The van der Waals surface area contributed by atoms with Crippen molar-refractivity contribution in [2.75, 3.05) is 5.73 Å². The number of nitrogen functional groups attached to an aromatic ring is 1. The highest BCUT2D eigenvalue weighted by Gasteiger charge is 2.10. The van der Waals surface area contributed by atoms with Crippen LogP contribution in [0.5, 0.6) is 11.5 Å². The molecule has 0 fully saturated rings. The molecule has 3 rings (SSSR count). The van der Waals surface area contributed by atoms with Crippen molar-refractivity contribution < 1.29 is 4.74 Å². The van der Waals surface area contributed by atoms with E-state index in [4.69, 9.17) is 10.5 Å². The molecule has 0 radical (unpaired) electrons. The second-order valence-electron chi connectivity index (χ2n) is 5.77. The van der Waals surface area contributed by atoms with E-state index in [1.807, 2.05) is 32.0 Å². The molecule has 3 heteroatoms. The molecule has 0 spiro atoms. The number of hydrogen-bond acceptors (Lipinski definition) is 3. The molecular formula is C19H20N2O. The minimum absolute atomic E-state index is 0.788. The Balaban J connectivity index is 2.12. The van der Waals surface area contributed by atoms with E-state index < -0.39 is 0 Å². The molecule has 0 unspecified atom stereocenters. The Morgan fingerprint density at radius 3 is 2.36 bits per heavy atom. The average Bonchev–Trinajstić information content (AvgIpc) is 2.50. The van der Waals surface area contributed by atoms with Crippen LogP contribution in [0, 0.1) is 27.7 Å². The Bertz CT molecular complexity index is 869. The predicted molar refractivity (Wildman–Crippen MR) is 91.6 cm³/mol. The second kappa shape index (κ2) is 5.34. The number of ether oxygens (including phenoxy) is 1. The fourth-order valence-electron chi connectivity index (χ4n) is 2.51. The molecule has 112 valence electrons. The van der Waals surface area contributed by atoms with Gasteiger partial charge in [0.25, 0.3) is 0 Å². The molecular weight excluding hydrogens is 272 g/mol. The van der Waals surface area contributed by atoms with Gasteiger partial charge in [-0.3, -0.25) is 4.98 Å². The van der Waals surface area contributed by atoms with E-state index in [1.165, 1.54) is 11.1 Å². The van der Waals surface area contributed by atoms with Crippen LogP contribution >= 0.6 is 0 Å². The smallest absolute Gasteiger partial charge is 0.138 e. The molecule has 22 heavy (non-hydrogen) atoms. The topological polar surface area (TPSA) is 48.1 Å². The summed E-state index contributed by atoms with van der Waals surface area (Å²) in [7, 11) is 0. The van der Waals surface area contributed by atoms with Crippen molar-refractivity contribution in [1.82, 2.24) is 4.98 Å². The molecule has 2 aromatic carbocycles. The van der Waals surface area contributed by atoms with Crippen LogP contribution in [-0.4, -0.2) is 4.98 Å². The van der Waals surface area contributed by atoms with Gasteiger partial charge in [-0.15, -0.1) is 0 Å². The van der Waals surface area contributed by atoms with Gasteiger partial charge in [-0.05, 0) is 80.3 Å². The molecule has 0 aliphatic heterocycles. The maximum atomic E-state index is 6.16. The Morgan fingerprint density at radius 2 is 1.59 bits per heavy atom. The molecule has 0 bridgehead atoms. The third kappa shape index (κ3) is 2.39. The van der Waals surface area contributed by atoms with Gasteiger partial charge < -0.3 is 10.5 Å². The Kier molecular flexibility index (Phi) is 3.49. The van der Waals surface area contributed by atoms with Crippen molar-refractivity contribution >= 4 is 16.6 Å². The minimum atomic E-state index is 0.788. The molecule has 3 nitrogen and oxygen atoms in total. The minimum Gasteiger partial charge on any atom is -0.456 e. The molecule has 0 aliphatic rings. The predicted octanol–water partition coefficient (Wildman–Crippen LogP) is 4.84. The van der Waals surface area contributed by atoms with Crippen LogP contribution in [0.15, 0.2) is 36.5 Å². The number of nitrogens with zero attached hydrogens (tertiary/aromatic N) is 1. The zero-order chi connectivity index (χ0) is 15.9. The summed E-state index contributed by atoms with van der Waals surface area (Å²) < 4.78 is 6.16. The Hall–Kier alpha value is -2.55. The molecule has 0 saturated heterocycles. The van der Waals surface area contributed by atoms with Crippen molar-refractivity contribution in [3.8, 4) is 11.5 Å². The summed E-state index contributed by atoms with van der Waals surface area (Å²) in [5, 5.41) is 1.03. The Morgan fingerprint density at radius 1 is 0.864 bits per heavy atom. The summed E-state index contributed by atoms with van der Waals surface area (Å²) in [5.74, 6) is 1.65. The van der Waals surface area contributed by atoms with Gasteiger partial charge >= 0.3 is 0 Å². The highest BCUT2D eigenvalue weighted by molar-refractivity contribution is 5.86. The molecule has 0 amide bonds. The van der Waals surface area contributed by atoms with Gasteiger partial charge in [0, 0.05) is 17.3 Å². The van der Waals surface area contributed by atoms with E-state index in [9.17, 15) is 0 Å². The lowest BCUT2D eigenvalue weighted by Gasteiger charge is -2.14.